The summed E-state index contributed by atoms with van der Waals surface area (Å²) in [6.07, 6.45) is 2.81. The number of hydrogen-bond donors (Lipinski definition) is 0. The second-order valence-corrected chi connectivity index (χ2v) is 4.26. The molecule has 0 unspecified atom stereocenters. The molecule has 0 saturated heterocycles. The number of carbonyl (C=O) groups excluding carboxylic acids is 1. The molecule has 0 aliphatic rings. The minimum Gasteiger partial charge on any atom is -0.336 e. The molecule has 0 aliphatic carbocycles. The van der Waals surface area contributed by atoms with Crippen molar-refractivity contribution in [2.75, 3.05) is 7.05 Å². The van der Waals surface area contributed by atoms with Gasteiger partial charge in [0.1, 0.15) is 10.8 Å². The topological polar surface area (TPSA) is 46.1 Å². The molecule has 0 N–H and O–H groups in total. The molecule has 0 radical (unpaired) electrons. The fraction of sp³-hybridized carbons (Fsp3) is 0.154. The Kier molecular flexibility index (Phi) is 3.89. The van der Waals surface area contributed by atoms with Crippen molar-refractivity contribution in [3.63, 3.8) is 0 Å². The molecule has 0 spiro atoms. The summed E-state index contributed by atoms with van der Waals surface area (Å²) in [6, 6.07) is 9.74. The van der Waals surface area contributed by atoms with Crippen molar-refractivity contribution in [3.05, 3.63) is 59.1 Å². The molecule has 1 aromatic heterocycles. The molecule has 92 valence electrons. The predicted molar refractivity (Wildman–Crippen MR) is 69.3 cm³/mol. The third kappa shape index (κ3) is 3.05. The third-order valence-corrected chi connectivity index (χ3v) is 2.62. The van der Waals surface area contributed by atoms with Gasteiger partial charge in [0.05, 0.1) is 12.4 Å². The first kappa shape index (κ1) is 12.5. The molecule has 2 aromatic rings. The molecule has 18 heavy (non-hydrogen) atoms. The number of hydrogen-bond acceptors (Lipinski definition) is 3. The minimum atomic E-state index is -0.200. The lowest BCUT2D eigenvalue weighted by Crippen LogP contribution is -2.27. The zero-order valence-electron chi connectivity index (χ0n) is 9.88. The summed E-state index contributed by atoms with van der Waals surface area (Å²) < 4.78 is 0. The van der Waals surface area contributed by atoms with Crippen LogP contribution in [0.5, 0.6) is 0 Å². The molecular formula is C13H12ClN3O. The lowest BCUT2D eigenvalue weighted by Gasteiger charge is -2.16. The van der Waals surface area contributed by atoms with Gasteiger partial charge in [-0.15, -0.1) is 0 Å². The van der Waals surface area contributed by atoms with Gasteiger partial charge in [0, 0.05) is 13.6 Å². The summed E-state index contributed by atoms with van der Waals surface area (Å²) in [7, 11) is 1.72. The smallest absolute Gasteiger partial charge is 0.274 e. The van der Waals surface area contributed by atoms with Gasteiger partial charge >= 0.3 is 0 Å². The first-order valence-corrected chi connectivity index (χ1v) is 5.81. The van der Waals surface area contributed by atoms with Crippen molar-refractivity contribution in [3.8, 4) is 0 Å². The number of amides is 1. The van der Waals surface area contributed by atoms with Gasteiger partial charge in [-0.2, -0.15) is 0 Å². The molecule has 0 atom stereocenters. The lowest BCUT2D eigenvalue weighted by atomic mass is 10.2. The number of nitrogens with zero attached hydrogens (tertiary/aromatic N) is 3. The summed E-state index contributed by atoms with van der Waals surface area (Å²) in [4.78, 5) is 21.4. The van der Waals surface area contributed by atoms with Crippen LogP contribution in [0.2, 0.25) is 5.15 Å². The number of halogens is 1. The highest BCUT2D eigenvalue weighted by Gasteiger charge is 2.14. The van der Waals surface area contributed by atoms with E-state index in [0.717, 1.165) is 5.56 Å². The fourth-order valence-electron chi connectivity index (χ4n) is 1.57. The molecular weight excluding hydrogens is 250 g/mol. The van der Waals surface area contributed by atoms with Gasteiger partial charge in [0.2, 0.25) is 0 Å². The van der Waals surface area contributed by atoms with E-state index in [4.69, 9.17) is 11.6 Å². The van der Waals surface area contributed by atoms with Crippen LogP contribution in [0.25, 0.3) is 0 Å². The zero-order valence-corrected chi connectivity index (χ0v) is 10.6. The fourth-order valence-corrected chi connectivity index (χ4v) is 1.72. The van der Waals surface area contributed by atoms with Crippen molar-refractivity contribution in [2.24, 2.45) is 0 Å². The van der Waals surface area contributed by atoms with Crippen molar-refractivity contribution < 1.29 is 4.79 Å². The summed E-state index contributed by atoms with van der Waals surface area (Å²) in [5, 5.41) is 0.217. The maximum Gasteiger partial charge on any atom is 0.274 e. The van der Waals surface area contributed by atoms with Crippen LogP contribution in [0.3, 0.4) is 0 Å². The number of benzene rings is 1. The molecule has 5 heteroatoms. The maximum atomic E-state index is 12.1. The Morgan fingerprint density at radius 1 is 1.28 bits per heavy atom. The highest BCUT2D eigenvalue weighted by Crippen LogP contribution is 2.08. The molecule has 0 saturated carbocycles. The quantitative estimate of drug-likeness (QED) is 0.852. The van der Waals surface area contributed by atoms with Crippen LogP contribution >= 0.6 is 11.6 Å². The Hall–Kier alpha value is -1.94. The van der Waals surface area contributed by atoms with E-state index < -0.39 is 0 Å². The molecule has 1 aromatic carbocycles. The molecule has 4 nitrogen and oxygen atoms in total. The summed E-state index contributed by atoms with van der Waals surface area (Å²) in [5.41, 5.74) is 1.31. The molecule has 2 rings (SSSR count). The molecule has 1 amide bonds. The van der Waals surface area contributed by atoms with Crippen molar-refractivity contribution in [1.82, 2.24) is 14.9 Å². The Morgan fingerprint density at radius 2 is 2.00 bits per heavy atom. The summed E-state index contributed by atoms with van der Waals surface area (Å²) >= 11 is 5.71. The van der Waals surface area contributed by atoms with E-state index in [1.807, 2.05) is 30.3 Å². The maximum absolute atomic E-state index is 12.1. The Bertz CT molecular complexity index is 545. The van der Waals surface area contributed by atoms with Crippen molar-refractivity contribution in [1.29, 1.82) is 0 Å². The molecule has 0 bridgehead atoms. The van der Waals surface area contributed by atoms with Crippen LogP contribution in [0.4, 0.5) is 0 Å². The first-order chi connectivity index (χ1) is 8.66. The average Bonchev–Trinajstić information content (AvgIpc) is 2.39. The molecule has 0 aliphatic heterocycles. The minimum absolute atomic E-state index is 0.200. The largest absolute Gasteiger partial charge is 0.336 e. The number of carbonyl (C=O) groups is 1. The second-order valence-electron chi connectivity index (χ2n) is 3.87. The van der Waals surface area contributed by atoms with E-state index >= 15 is 0 Å². The van der Waals surface area contributed by atoms with Gasteiger partial charge in [0.25, 0.3) is 5.91 Å². The third-order valence-electron chi connectivity index (χ3n) is 2.43. The van der Waals surface area contributed by atoms with Gasteiger partial charge in [0.15, 0.2) is 0 Å². The van der Waals surface area contributed by atoms with Crippen LogP contribution < -0.4 is 0 Å². The van der Waals surface area contributed by atoms with E-state index in [0.29, 0.717) is 6.54 Å². The number of aromatic nitrogens is 2. The van der Waals surface area contributed by atoms with E-state index in [-0.39, 0.29) is 16.8 Å². The van der Waals surface area contributed by atoms with E-state index in [9.17, 15) is 4.79 Å². The molecule has 0 fully saturated rings. The van der Waals surface area contributed by atoms with Gasteiger partial charge in [-0.25, -0.2) is 4.98 Å². The average molecular weight is 262 g/mol. The van der Waals surface area contributed by atoms with Crippen molar-refractivity contribution >= 4 is 17.5 Å². The molecule has 1 heterocycles. The predicted octanol–water partition coefficient (Wildman–Crippen LogP) is 2.40. The Balaban J connectivity index is 2.10. The van der Waals surface area contributed by atoms with Crippen molar-refractivity contribution in [2.45, 2.75) is 6.54 Å². The van der Waals surface area contributed by atoms with Gasteiger partial charge < -0.3 is 4.90 Å². The van der Waals surface area contributed by atoms with Crippen LogP contribution in [0, 0.1) is 0 Å². The highest BCUT2D eigenvalue weighted by atomic mass is 35.5. The highest BCUT2D eigenvalue weighted by molar-refractivity contribution is 6.29. The second kappa shape index (κ2) is 5.60. The van der Waals surface area contributed by atoms with Gasteiger partial charge in [-0.1, -0.05) is 41.9 Å². The summed E-state index contributed by atoms with van der Waals surface area (Å²) in [5.74, 6) is -0.200. The van der Waals surface area contributed by atoms with E-state index in [1.54, 1.807) is 11.9 Å². The monoisotopic (exact) mass is 261 g/mol. The SMILES string of the molecule is CN(Cc1ccccc1)C(=O)c1cncc(Cl)n1. The standard InChI is InChI=1S/C13H12ClN3O/c1-17(9-10-5-3-2-4-6-10)13(18)11-7-15-8-12(14)16-11/h2-8H,9H2,1H3. The van der Waals surface area contributed by atoms with Gasteiger partial charge in [-0.05, 0) is 5.56 Å². The normalized spacial score (nSPS) is 10.1. The zero-order chi connectivity index (χ0) is 13.0. The van der Waals surface area contributed by atoms with E-state index in [2.05, 4.69) is 9.97 Å². The first-order valence-electron chi connectivity index (χ1n) is 5.44. The van der Waals surface area contributed by atoms with Crippen LogP contribution in [0.15, 0.2) is 42.7 Å². The van der Waals surface area contributed by atoms with E-state index in [1.165, 1.54) is 12.4 Å². The lowest BCUT2D eigenvalue weighted by molar-refractivity contribution is 0.0779. The Labute approximate surface area is 110 Å². The summed E-state index contributed by atoms with van der Waals surface area (Å²) in [6.45, 7) is 0.522. The van der Waals surface area contributed by atoms with Crippen LogP contribution in [0.1, 0.15) is 16.1 Å². The number of rotatable bonds is 3. The van der Waals surface area contributed by atoms with Gasteiger partial charge in [-0.3, -0.25) is 9.78 Å². The Morgan fingerprint density at radius 3 is 2.67 bits per heavy atom. The van der Waals surface area contributed by atoms with Crippen LogP contribution in [-0.2, 0) is 6.54 Å². The van der Waals surface area contributed by atoms with Crippen LogP contribution in [-0.4, -0.2) is 27.8 Å².